The second-order valence-corrected chi connectivity index (χ2v) is 7.18. The third-order valence-corrected chi connectivity index (χ3v) is 4.87. The van der Waals surface area contributed by atoms with E-state index in [1.807, 2.05) is 0 Å². The zero-order chi connectivity index (χ0) is 24.3. The molecular formula is C18H20F7N3O4. The number of alkyl halides is 6. The van der Waals surface area contributed by atoms with Gasteiger partial charge < -0.3 is 20.5 Å². The van der Waals surface area contributed by atoms with E-state index in [2.05, 4.69) is 15.6 Å². The van der Waals surface area contributed by atoms with Gasteiger partial charge in [-0.2, -0.15) is 26.3 Å². The number of carbonyl (C=O) groups is 2. The van der Waals surface area contributed by atoms with E-state index in [1.54, 1.807) is 0 Å². The smallest absolute Gasteiger partial charge is 0.481 e. The first-order valence-electron chi connectivity index (χ1n) is 9.37. The van der Waals surface area contributed by atoms with E-state index in [9.17, 15) is 35.5 Å². The van der Waals surface area contributed by atoms with Gasteiger partial charge in [0.1, 0.15) is 5.82 Å². The predicted octanol–water partition coefficient (Wildman–Crippen LogP) is 2.90. The molecular weight excluding hydrogens is 455 g/mol. The molecule has 2 aliphatic rings. The van der Waals surface area contributed by atoms with Crippen LogP contribution in [0, 0.1) is 11.7 Å². The van der Waals surface area contributed by atoms with E-state index in [4.69, 9.17) is 14.6 Å². The summed E-state index contributed by atoms with van der Waals surface area (Å²) in [5.74, 6) is -6.26. The molecule has 14 heteroatoms. The minimum absolute atomic E-state index is 0.00223. The first-order valence-corrected chi connectivity index (χ1v) is 9.37. The number of amides is 1. The summed E-state index contributed by atoms with van der Waals surface area (Å²) >= 11 is 0. The van der Waals surface area contributed by atoms with E-state index in [0.717, 1.165) is 25.5 Å². The van der Waals surface area contributed by atoms with Gasteiger partial charge in [-0.3, -0.25) is 4.79 Å². The van der Waals surface area contributed by atoms with Crippen molar-refractivity contribution >= 4 is 11.9 Å². The Bertz CT molecular complexity index is 839. The highest BCUT2D eigenvalue weighted by molar-refractivity contribution is 5.82. The third-order valence-electron chi connectivity index (χ3n) is 4.87. The van der Waals surface area contributed by atoms with Gasteiger partial charge >= 0.3 is 18.3 Å². The molecule has 1 amide bonds. The number of methoxy groups -OCH3 is 1. The number of rotatable bonds is 5. The number of pyridine rings is 1. The number of nitrogens with one attached hydrogen (secondary N) is 2. The van der Waals surface area contributed by atoms with Gasteiger partial charge in [-0.05, 0) is 31.9 Å². The highest BCUT2D eigenvalue weighted by Crippen LogP contribution is 2.56. The minimum Gasteiger partial charge on any atom is -0.481 e. The van der Waals surface area contributed by atoms with E-state index in [1.165, 1.54) is 7.11 Å². The summed E-state index contributed by atoms with van der Waals surface area (Å²) in [5.41, 5.74) is 0.0611. The van der Waals surface area contributed by atoms with Crippen LogP contribution in [0.25, 0.3) is 0 Å². The highest BCUT2D eigenvalue weighted by Gasteiger charge is 2.57. The maximum absolute atomic E-state index is 14.2. The van der Waals surface area contributed by atoms with Crippen molar-refractivity contribution < 1.29 is 50.2 Å². The zero-order valence-corrected chi connectivity index (χ0v) is 16.6. The number of hydrogen-bond acceptors (Lipinski definition) is 5. The number of ether oxygens (including phenoxy) is 1. The minimum atomic E-state index is -5.08. The summed E-state index contributed by atoms with van der Waals surface area (Å²) < 4.78 is 89.1. The Kier molecular flexibility index (Phi) is 7.91. The van der Waals surface area contributed by atoms with Crippen molar-refractivity contribution in [2.24, 2.45) is 5.92 Å². The first-order chi connectivity index (χ1) is 14.8. The molecule has 0 bridgehead atoms. The average molecular weight is 475 g/mol. The summed E-state index contributed by atoms with van der Waals surface area (Å²) in [5, 5.41) is 12.8. The number of carboxylic acids is 1. The van der Waals surface area contributed by atoms with E-state index >= 15 is 0 Å². The molecule has 1 saturated heterocycles. The van der Waals surface area contributed by atoms with Crippen molar-refractivity contribution in [3.8, 4) is 5.88 Å². The number of nitrogens with zero attached hydrogens (tertiary/aromatic N) is 1. The molecule has 0 spiro atoms. The number of carboxylic acid groups (broad SMARTS) is 1. The van der Waals surface area contributed by atoms with Crippen molar-refractivity contribution in [1.82, 2.24) is 15.6 Å². The van der Waals surface area contributed by atoms with Gasteiger partial charge in [0.25, 0.3) is 0 Å². The summed E-state index contributed by atoms with van der Waals surface area (Å²) in [6.45, 7) is 0.770. The predicted molar refractivity (Wildman–Crippen MR) is 94.2 cm³/mol. The number of aromatic nitrogens is 1. The Morgan fingerprint density at radius 2 is 1.91 bits per heavy atom. The standard InChI is InChI=1S/C16H19F4N3O2.C2HF3O2/c1-25-15-8(7-22-14(24)12-3-2-4-21-12)5-11(17)13(23-15)9-6-10(9)16(18,19)20;3-2(4,5)1(6)7/h5,9-10,12,21H,2-4,6-7H2,1H3,(H,22,24);(H,6,7)/t9?,10?,12-;/m0./s1. The summed E-state index contributed by atoms with van der Waals surface area (Å²) in [6.07, 6.45) is -7.96. The van der Waals surface area contributed by atoms with Crippen LogP contribution < -0.4 is 15.4 Å². The molecule has 1 aliphatic heterocycles. The normalized spacial score (nSPS) is 22.6. The lowest BCUT2D eigenvalue weighted by Crippen LogP contribution is -2.40. The van der Waals surface area contributed by atoms with Crippen molar-refractivity contribution in [3.63, 3.8) is 0 Å². The maximum atomic E-state index is 14.2. The van der Waals surface area contributed by atoms with Crippen molar-refractivity contribution in [2.45, 2.75) is 50.1 Å². The summed E-state index contributed by atoms with van der Waals surface area (Å²) in [4.78, 5) is 24.8. The van der Waals surface area contributed by atoms with E-state index < -0.39 is 36.0 Å². The lowest BCUT2D eigenvalue weighted by atomic mass is 10.1. The summed E-state index contributed by atoms with van der Waals surface area (Å²) in [7, 11) is 1.31. The zero-order valence-electron chi connectivity index (χ0n) is 16.6. The molecule has 32 heavy (non-hydrogen) atoms. The first kappa shape index (κ1) is 25.6. The number of aliphatic carboxylic acids is 1. The van der Waals surface area contributed by atoms with Crippen LogP contribution in [0.15, 0.2) is 6.07 Å². The van der Waals surface area contributed by atoms with Crippen LogP contribution in [0.5, 0.6) is 5.88 Å². The molecule has 0 aromatic carbocycles. The number of carbonyl (C=O) groups excluding carboxylic acids is 1. The van der Waals surface area contributed by atoms with E-state index in [0.29, 0.717) is 5.56 Å². The molecule has 3 N–H and O–H groups in total. The Morgan fingerprint density at radius 3 is 2.34 bits per heavy atom. The van der Waals surface area contributed by atoms with Crippen LogP contribution >= 0.6 is 0 Å². The van der Waals surface area contributed by atoms with Gasteiger partial charge in [0.2, 0.25) is 11.8 Å². The fraction of sp³-hybridized carbons (Fsp3) is 0.611. The fourth-order valence-corrected chi connectivity index (χ4v) is 3.16. The molecule has 2 unspecified atom stereocenters. The molecule has 1 aliphatic carbocycles. The second-order valence-electron chi connectivity index (χ2n) is 7.18. The van der Waals surface area contributed by atoms with Gasteiger partial charge in [-0.25, -0.2) is 14.2 Å². The van der Waals surface area contributed by atoms with Crippen LogP contribution in [0.4, 0.5) is 30.7 Å². The maximum Gasteiger partial charge on any atom is 0.490 e. The monoisotopic (exact) mass is 475 g/mol. The molecule has 1 aromatic heterocycles. The highest BCUT2D eigenvalue weighted by atomic mass is 19.4. The Balaban J connectivity index is 0.000000451. The molecule has 180 valence electrons. The average Bonchev–Trinajstić information content (AvgIpc) is 3.31. The number of hydrogen-bond donors (Lipinski definition) is 3. The van der Waals surface area contributed by atoms with Crippen LogP contribution in [-0.4, -0.2) is 54.0 Å². The number of halogens is 7. The van der Waals surface area contributed by atoms with Crippen molar-refractivity contribution in [2.75, 3.05) is 13.7 Å². The molecule has 7 nitrogen and oxygen atoms in total. The molecule has 3 atom stereocenters. The van der Waals surface area contributed by atoms with Gasteiger partial charge in [0, 0.05) is 18.0 Å². The lowest BCUT2D eigenvalue weighted by Gasteiger charge is -2.14. The van der Waals surface area contributed by atoms with Crippen molar-refractivity contribution in [1.29, 1.82) is 0 Å². The SMILES string of the molecule is COc1nc(C2CC2C(F)(F)F)c(F)cc1CNC(=O)[C@@H]1CCCN1.O=C(O)C(F)(F)F. The lowest BCUT2D eigenvalue weighted by molar-refractivity contribution is -0.192. The molecule has 2 heterocycles. The van der Waals surface area contributed by atoms with Crippen molar-refractivity contribution in [3.05, 3.63) is 23.1 Å². The van der Waals surface area contributed by atoms with Crippen LogP contribution in [0.1, 0.15) is 36.4 Å². The molecule has 1 aromatic rings. The van der Waals surface area contributed by atoms with Crippen LogP contribution in [0.3, 0.4) is 0 Å². The van der Waals surface area contributed by atoms with Gasteiger partial charge in [0.05, 0.1) is 24.8 Å². The summed E-state index contributed by atoms with van der Waals surface area (Å²) in [6, 6.07) is 0.817. The molecule has 1 saturated carbocycles. The fourth-order valence-electron chi connectivity index (χ4n) is 3.16. The second kappa shape index (κ2) is 9.88. The van der Waals surface area contributed by atoms with E-state index in [-0.39, 0.29) is 36.5 Å². The van der Waals surface area contributed by atoms with Gasteiger partial charge in [-0.15, -0.1) is 0 Å². The Hall–Kier alpha value is -2.64. The molecule has 0 radical (unpaired) electrons. The van der Waals surface area contributed by atoms with Gasteiger partial charge in [0.15, 0.2) is 0 Å². The Morgan fingerprint density at radius 1 is 1.28 bits per heavy atom. The molecule has 2 fully saturated rings. The quantitative estimate of drug-likeness (QED) is 0.567. The largest absolute Gasteiger partial charge is 0.490 e. The van der Waals surface area contributed by atoms with Gasteiger partial charge in [-0.1, -0.05) is 0 Å². The van der Waals surface area contributed by atoms with Crippen LogP contribution in [-0.2, 0) is 16.1 Å². The third kappa shape index (κ3) is 6.68. The topological polar surface area (TPSA) is 101 Å². The van der Waals surface area contributed by atoms with Crippen LogP contribution in [0.2, 0.25) is 0 Å². The molecule has 3 rings (SSSR count). The Labute approximate surface area is 177 Å².